The lowest BCUT2D eigenvalue weighted by Crippen LogP contribution is -2.65. The predicted octanol–water partition coefficient (Wildman–Crippen LogP) is 1.29. The first-order valence-corrected chi connectivity index (χ1v) is 7.72. The summed E-state index contributed by atoms with van der Waals surface area (Å²) in [6.45, 7) is 0. The summed E-state index contributed by atoms with van der Waals surface area (Å²) in [5.41, 5.74) is 1.19. The van der Waals surface area contributed by atoms with E-state index in [2.05, 4.69) is 11.4 Å². The molecule has 2 aliphatic rings. The Bertz CT molecular complexity index is 592. The fraction of sp³-hybridized carbons (Fsp3) is 0.529. The molecule has 22 heavy (non-hydrogen) atoms. The highest BCUT2D eigenvalue weighted by Gasteiger charge is 2.52. The Morgan fingerprint density at radius 2 is 2.05 bits per heavy atom. The summed E-state index contributed by atoms with van der Waals surface area (Å²) in [6.07, 6.45) is 2.62. The Morgan fingerprint density at radius 3 is 2.73 bits per heavy atom. The fourth-order valence-electron chi connectivity index (χ4n) is 3.61. The van der Waals surface area contributed by atoms with Gasteiger partial charge in [-0.05, 0) is 30.4 Å². The first-order valence-electron chi connectivity index (χ1n) is 7.72. The molecule has 0 saturated heterocycles. The summed E-state index contributed by atoms with van der Waals surface area (Å²) in [6, 6.07) is 7.96. The Morgan fingerprint density at radius 1 is 1.32 bits per heavy atom. The van der Waals surface area contributed by atoms with Crippen LogP contribution in [0.5, 0.6) is 0 Å². The number of fused-ring (bicyclic) bond motifs is 1. The zero-order valence-electron chi connectivity index (χ0n) is 12.7. The van der Waals surface area contributed by atoms with Crippen molar-refractivity contribution < 1.29 is 19.4 Å². The van der Waals surface area contributed by atoms with E-state index in [0.29, 0.717) is 0 Å². The molecule has 0 radical (unpaired) electrons. The normalized spacial score (nSPS) is 29.9. The van der Waals surface area contributed by atoms with Crippen LogP contribution in [0.4, 0.5) is 0 Å². The molecule has 5 heteroatoms. The van der Waals surface area contributed by atoms with Gasteiger partial charge in [-0.25, -0.2) is 4.79 Å². The number of carbonyl (C=O) groups is 2. The van der Waals surface area contributed by atoms with Crippen molar-refractivity contribution in [2.24, 2.45) is 0 Å². The third-order valence-electron chi connectivity index (χ3n) is 4.79. The van der Waals surface area contributed by atoms with Crippen molar-refractivity contribution >= 4 is 11.9 Å². The molecule has 1 aromatic rings. The number of carbonyl (C=O) groups excluding carboxylic acids is 2. The minimum atomic E-state index is -1.06. The van der Waals surface area contributed by atoms with E-state index >= 15 is 0 Å². The van der Waals surface area contributed by atoms with Crippen LogP contribution in [0.3, 0.4) is 0 Å². The summed E-state index contributed by atoms with van der Waals surface area (Å²) in [5, 5.41) is 12.4. The Labute approximate surface area is 129 Å². The molecule has 1 atom stereocenters. The summed E-state index contributed by atoms with van der Waals surface area (Å²) in [5.74, 6) is -0.857. The molecule has 2 N–H and O–H groups in total. The van der Waals surface area contributed by atoms with E-state index in [4.69, 9.17) is 4.74 Å². The van der Waals surface area contributed by atoms with Gasteiger partial charge in [0.1, 0.15) is 5.54 Å². The molecule has 1 aromatic carbocycles. The van der Waals surface area contributed by atoms with Crippen LogP contribution >= 0.6 is 0 Å². The maximum Gasteiger partial charge on any atom is 0.331 e. The Balaban J connectivity index is 1.79. The lowest BCUT2D eigenvalue weighted by Gasteiger charge is -2.43. The number of hydrogen-bond acceptors (Lipinski definition) is 4. The van der Waals surface area contributed by atoms with Crippen molar-refractivity contribution in [3.05, 3.63) is 35.4 Å². The van der Waals surface area contributed by atoms with Gasteiger partial charge < -0.3 is 15.2 Å². The number of methoxy groups -OCH3 is 1. The zero-order chi connectivity index (χ0) is 15.7. The maximum atomic E-state index is 12.7. The van der Waals surface area contributed by atoms with Gasteiger partial charge in [-0.2, -0.15) is 0 Å². The molecule has 0 aliphatic heterocycles. The average Bonchev–Trinajstić information content (AvgIpc) is 2.51. The summed E-state index contributed by atoms with van der Waals surface area (Å²) in [7, 11) is 1.30. The van der Waals surface area contributed by atoms with E-state index < -0.39 is 17.6 Å². The van der Waals surface area contributed by atoms with Crippen LogP contribution in [0.25, 0.3) is 0 Å². The van der Waals surface area contributed by atoms with E-state index in [1.165, 1.54) is 12.7 Å². The molecule has 118 valence electrons. The van der Waals surface area contributed by atoms with Crippen LogP contribution in [-0.2, 0) is 20.7 Å². The summed E-state index contributed by atoms with van der Waals surface area (Å²) in [4.78, 5) is 24.7. The smallest absolute Gasteiger partial charge is 0.331 e. The molecule has 5 nitrogen and oxygen atoms in total. The minimum absolute atomic E-state index is 0.149. The maximum absolute atomic E-state index is 12.7. The van der Waals surface area contributed by atoms with E-state index in [1.54, 1.807) is 0 Å². The molecule has 1 unspecified atom stereocenters. The molecule has 1 amide bonds. The van der Waals surface area contributed by atoms with Crippen LogP contribution in [0, 0.1) is 0 Å². The van der Waals surface area contributed by atoms with E-state index in [-0.39, 0.29) is 24.7 Å². The van der Waals surface area contributed by atoms with Crippen LogP contribution in [0.2, 0.25) is 0 Å². The number of hydrogen-bond donors (Lipinski definition) is 2. The van der Waals surface area contributed by atoms with Crippen LogP contribution < -0.4 is 5.32 Å². The fourth-order valence-corrected chi connectivity index (χ4v) is 3.61. The number of nitrogens with one attached hydrogen (secondary N) is 1. The van der Waals surface area contributed by atoms with Crippen LogP contribution in [0.15, 0.2) is 24.3 Å². The molecule has 0 bridgehead atoms. The van der Waals surface area contributed by atoms with Gasteiger partial charge in [-0.3, -0.25) is 4.79 Å². The van der Waals surface area contributed by atoms with Crippen molar-refractivity contribution in [3.8, 4) is 0 Å². The Kier molecular flexibility index (Phi) is 3.91. The van der Waals surface area contributed by atoms with Gasteiger partial charge in [0.05, 0.1) is 19.1 Å². The van der Waals surface area contributed by atoms with Crippen molar-refractivity contribution in [3.63, 3.8) is 0 Å². The number of benzene rings is 1. The van der Waals surface area contributed by atoms with Gasteiger partial charge in [0.15, 0.2) is 0 Å². The SMILES string of the molecule is COC(=O)C1(NC(=O)C2CCCc3ccccc32)CC(O)C1. The topological polar surface area (TPSA) is 75.6 Å². The highest BCUT2D eigenvalue weighted by atomic mass is 16.5. The largest absolute Gasteiger partial charge is 0.467 e. The zero-order valence-corrected chi connectivity index (χ0v) is 12.7. The van der Waals surface area contributed by atoms with E-state index in [9.17, 15) is 14.7 Å². The third kappa shape index (κ3) is 2.50. The second-order valence-corrected chi connectivity index (χ2v) is 6.27. The number of aryl methyl sites for hydroxylation is 1. The first-order chi connectivity index (χ1) is 10.6. The molecule has 3 rings (SSSR count). The molecule has 2 aliphatic carbocycles. The molecular weight excluding hydrogens is 282 g/mol. The van der Waals surface area contributed by atoms with Gasteiger partial charge in [-0.15, -0.1) is 0 Å². The second kappa shape index (κ2) is 5.72. The number of rotatable bonds is 3. The number of amides is 1. The van der Waals surface area contributed by atoms with E-state index in [1.807, 2.05) is 18.2 Å². The summed E-state index contributed by atoms with van der Waals surface area (Å²) < 4.78 is 4.80. The molecular formula is C17H21NO4. The molecule has 1 saturated carbocycles. The van der Waals surface area contributed by atoms with Crippen molar-refractivity contribution in [2.45, 2.75) is 49.7 Å². The highest BCUT2D eigenvalue weighted by molar-refractivity contribution is 5.92. The van der Waals surface area contributed by atoms with E-state index in [0.717, 1.165) is 24.8 Å². The first kappa shape index (κ1) is 15.0. The monoisotopic (exact) mass is 303 g/mol. The Hall–Kier alpha value is -1.88. The van der Waals surface area contributed by atoms with Crippen molar-refractivity contribution in [1.29, 1.82) is 0 Å². The number of aliphatic hydroxyl groups excluding tert-OH is 1. The lowest BCUT2D eigenvalue weighted by molar-refractivity contribution is -0.161. The van der Waals surface area contributed by atoms with Gasteiger partial charge in [0.25, 0.3) is 0 Å². The molecule has 0 heterocycles. The summed E-state index contributed by atoms with van der Waals surface area (Å²) >= 11 is 0. The average molecular weight is 303 g/mol. The minimum Gasteiger partial charge on any atom is -0.467 e. The number of ether oxygens (including phenoxy) is 1. The standard InChI is InChI=1S/C17H21NO4/c1-22-16(21)17(9-12(19)10-17)18-15(20)14-8-4-6-11-5-2-3-7-13(11)14/h2-3,5,7,12,14,19H,4,6,8-10H2,1H3,(H,18,20). The third-order valence-corrected chi connectivity index (χ3v) is 4.79. The molecule has 0 aromatic heterocycles. The van der Waals surface area contributed by atoms with Crippen LogP contribution in [-0.4, -0.2) is 35.7 Å². The molecule has 0 spiro atoms. The van der Waals surface area contributed by atoms with Gasteiger partial charge in [-0.1, -0.05) is 24.3 Å². The predicted molar refractivity (Wildman–Crippen MR) is 80.3 cm³/mol. The highest BCUT2D eigenvalue weighted by Crippen LogP contribution is 2.36. The van der Waals surface area contributed by atoms with Crippen molar-refractivity contribution in [1.82, 2.24) is 5.32 Å². The van der Waals surface area contributed by atoms with Crippen LogP contribution in [0.1, 0.15) is 42.7 Å². The lowest BCUT2D eigenvalue weighted by atomic mass is 9.73. The van der Waals surface area contributed by atoms with Crippen molar-refractivity contribution in [2.75, 3.05) is 7.11 Å². The number of aliphatic hydroxyl groups is 1. The van der Waals surface area contributed by atoms with Gasteiger partial charge in [0, 0.05) is 12.8 Å². The molecule has 1 fully saturated rings. The second-order valence-electron chi connectivity index (χ2n) is 6.27. The van der Waals surface area contributed by atoms with Gasteiger partial charge >= 0.3 is 5.97 Å². The van der Waals surface area contributed by atoms with Gasteiger partial charge in [0.2, 0.25) is 5.91 Å². The quantitative estimate of drug-likeness (QED) is 0.825. The number of esters is 1.